The molecule has 0 aliphatic heterocycles. The first-order valence-corrected chi connectivity index (χ1v) is 6.40. The highest BCUT2D eigenvalue weighted by atomic mass is 16.4. The molecule has 0 radical (unpaired) electrons. The summed E-state index contributed by atoms with van der Waals surface area (Å²) in [6, 6.07) is 9.89. The lowest BCUT2D eigenvalue weighted by Gasteiger charge is -2.15. The van der Waals surface area contributed by atoms with Gasteiger partial charge in [-0.2, -0.15) is 0 Å². The van der Waals surface area contributed by atoms with E-state index in [0.29, 0.717) is 5.92 Å². The predicted octanol–water partition coefficient (Wildman–Crippen LogP) is 3.90. The summed E-state index contributed by atoms with van der Waals surface area (Å²) >= 11 is 0. The Bertz CT molecular complexity index is 481. The number of para-hydroxylation sites is 1. The molecule has 1 aromatic heterocycles. The third kappa shape index (κ3) is 1.98. The van der Waals surface area contributed by atoms with Gasteiger partial charge in [-0.15, -0.1) is 0 Å². The van der Waals surface area contributed by atoms with Crippen molar-refractivity contribution in [2.45, 2.75) is 32.3 Å². The van der Waals surface area contributed by atoms with Crippen LogP contribution in [0.15, 0.2) is 34.7 Å². The molecule has 1 aliphatic carbocycles. The van der Waals surface area contributed by atoms with E-state index in [-0.39, 0.29) is 0 Å². The van der Waals surface area contributed by atoms with Crippen molar-refractivity contribution in [1.29, 1.82) is 0 Å². The van der Waals surface area contributed by atoms with Gasteiger partial charge in [-0.05, 0) is 36.8 Å². The Balaban J connectivity index is 1.87. The van der Waals surface area contributed by atoms with E-state index in [1.165, 1.54) is 6.42 Å². The number of rotatable bonds is 2. The second kappa shape index (κ2) is 4.19. The monoisotopic (exact) mass is 230 g/mol. The molecule has 2 nitrogen and oxygen atoms in total. The molecule has 2 aromatic rings. The predicted molar refractivity (Wildman–Crippen MR) is 67.7 cm³/mol. The van der Waals surface area contributed by atoms with Crippen molar-refractivity contribution in [2.24, 2.45) is 11.8 Å². The maximum absolute atomic E-state index is 10.3. The van der Waals surface area contributed by atoms with Gasteiger partial charge < -0.3 is 9.52 Å². The summed E-state index contributed by atoms with van der Waals surface area (Å²) in [6.45, 7) is 2.26. The van der Waals surface area contributed by atoms with Crippen LogP contribution in [0.25, 0.3) is 11.0 Å². The van der Waals surface area contributed by atoms with E-state index < -0.39 is 6.10 Å². The molecule has 3 unspecified atom stereocenters. The third-order valence-corrected chi connectivity index (χ3v) is 3.92. The van der Waals surface area contributed by atoms with Gasteiger partial charge in [0.2, 0.25) is 0 Å². The van der Waals surface area contributed by atoms with Crippen molar-refractivity contribution in [2.75, 3.05) is 0 Å². The standard InChI is InChI=1S/C15H18O2/c1-10-6-7-12(8-10)15(16)14-9-11-4-2-3-5-13(11)17-14/h2-5,9-10,12,15-16H,6-8H2,1H3. The molecule has 1 N–H and O–H groups in total. The molecular formula is C15H18O2. The first kappa shape index (κ1) is 10.8. The molecule has 2 heteroatoms. The molecule has 1 fully saturated rings. The van der Waals surface area contributed by atoms with Crippen molar-refractivity contribution < 1.29 is 9.52 Å². The smallest absolute Gasteiger partial charge is 0.134 e. The first-order chi connectivity index (χ1) is 8.24. The van der Waals surface area contributed by atoms with Gasteiger partial charge in [0.15, 0.2) is 0 Å². The van der Waals surface area contributed by atoms with Crippen molar-refractivity contribution in [1.82, 2.24) is 0 Å². The Kier molecular flexibility index (Phi) is 2.67. The largest absolute Gasteiger partial charge is 0.458 e. The van der Waals surface area contributed by atoms with E-state index in [9.17, 15) is 5.11 Å². The summed E-state index contributed by atoms with van der Waals surface area (Å²) in [7, 11) is 0. The van der Waals surface area contributed by atoms with Crippen LogP contribution < -0.4 is 0 Å². The summed E-state index contributed by atoms with van der Waals surface area (Å²) in [6.07, 6.45) is 3.01. The maximum Gasteiger partial charge on any atom is 0.134 e. The average Bonchev–Trinajstić information content (AvgIpc) is 2.93. The normalized spacial score (nSPS) is 26.5. The Morgan fingerprint density at radius 2 is 2.12 bits per heavy atom. The lowest BCUT2D eigenvalue weighted by molar-refractivity contribution is 0.0887. The fraction of sp³-hybridized carbons (Fsp3) is 0.467. The quantitative estimate of drug-likeness (QED) is 0.848. The van der Waals surface area contributed by atoms with Crippen molar-refractivity contribution in [3.63, 3.8) is 0 Å². The van der Waals surface area contributed by atoms with E-state index in [4.69, 9.17) is 4.42 Å². The highest BCUT2D eigenvalue weighted by Crippen LogP contribution is 2.39. The fourth-order valence-corrected chi connectivity index (χ4v) is 2.92. The van der Waals surface area contributed by atoms with Crippen molar-refractivity contribution >= 4 is 11.0 Å². The van der Waals surface area contributed by atoms with Gasteiger partial charge in [0, 0.05) is 5.39 Å². The summed E-state index contributed by atoms with van der Waals surface area (Å²) in [5.41, 5.74) is 0.868. The molecule has 0 spiro atoms. The van der Waals surface area contributed by atoms with Crippen LogP contribution in [0, 0.1) is 11.8 Å². The second-order valence-electron chi connectivity index (χ2n) is 5.31. The van der Waals surface area contributed by atoms with E-state index in [0.717, 1.165) is 35.5 Å². The molecule has 1 aliphatic rings. The van der Waals surface area contributed by atoms with Gasteiger partial charge in [-0.25, -0.2) is 0 Å². The number of hydrogen-bond donors (Lipinski definition) is 1. The van der Waals surface area contributed by atoms with E-state index in [1.807, 2.05) is 30.3 Å². The lowest BCUT2D eigenvalue weighted by atomic mass is 9.97. The van der Waals surface area contributed by atoms with Crippen LogP contribution in [0.4, 0.5) is 0 Å². The lowest BCUT2D eigenvalue weighted by Crippen LogP contribution is -2.08. The minimum Gasteiger partial charge on any atom is -0.458 e. The molecule has 3 rings (SSSR count). The van der Waals surface area contributed by atoms with Crippen molar-refractivity contribution in [3.8, 4) is 0 Å². The summed E-state index contributed by atoms with van der Waals surface area (Å²) in [5.74, 6) is 1.83. The zero-order valence-electron chi connectivity index (χ0n) is 10.1. The number of aliphatic hydroxyl groups is 1. The zero-order valence-corrected chi connectivity index (χ0v) is 10.1. The van der Waals surface area contributed by atoms with Crippen LogP contribution in [0.1, 0.15) is 38.1 Å². The summed E-state index contributed by atoms with van der Waals surface area (Å²) < 4.78 is 5.73. The Hall–Kier alpha value is -1.28. The molecule has 90 valence electrons. The SMILES string of the molecule is CC1CCC(C(O)c2cc3ccccc3o2)C1. The summed E-state index contributed by atoms with van der Waals surface area (Å²) in [4.78, 5) is 0. The Morgan fingerprint density at radius 1 is 1.29 bits per heavy atom. The number of furan rings is 1. The van der Waals surface area contributed by atoms with Crippen LogP contribution in [0.2, 0.25) is 0 Å². The second-order valence-corrected chi connectivity index (χ2v) is 5.31. The van der Waals surface area contributed by atoms with E-state index in [1.54, 1.807) is 0 Å². The van der Waals surface area contributed by atoms with Crippen molar-refractivity contribution in [3.05, 3.63) is 36.1 Å². The van der Waals surface area contributed by atoms with Gasteiger partial charge in [0.1, 0.15) is 17.4 Å². The first-order valence-electron chi connectivity index (χ1n) is 6.40. The molecule has 1 heterocycles. The molecule has 1 aromatic carbocycles. The topological polar surface area (TPSA) is 33.4 Å². The highest BCUT2D eigenvalue weighted by molar-refractivity contribution is 5.77. The fourth-order valence-electron chi connectivity index (χ4n) is 2.92. The zero-order chi connectivity index (χ0) is 11.8. The Morgan fingerprint density at radius 3 is 2.82 bits per heavy atom. The third-order valence-electron chi connectivity index (χ3n) is 3.92. The van der Waals surface area contributed by atoms with E-state index in [2.05, 4.69) is 6.92 Å². The highest BCUT2D eigenvalue weighted by Gasteiger charge is 2.30. The number of hydrogen-bond acceptors (Lipinski definition) is 2. The Labute approximate surface area is 101 Å². The number of benzene rings is 1. The molecule has 0 saturated heterocycles. The molecular weight excluding hydrogens is 212 g/mol. The molecule has 3 atom stereocenters. The molecule has 0 bridgehead atoms. The van der Waals surface area contributed by atoms with Crippen LogP contribution in [0.3, 0.4) is 0 Å². The van der Waals surface area contributed by atoms with E-state index >= 15 is 0 Å². The van der Waals surface area contributed by atoms with Crippen LogP contribution >= 0.6 is 0 Å². The van der Waals surface area contributed by atoms with Gasteiger partial charge >= 0.3 is 0 Å². The molecule has 0 amide bonds. The van der Waals surface area contributed by atoms with Gasteiger partial charge in [0.25, 0.3) is 0 Å². The maximum atomic E-state index is 10.3. The van der Waals surface area contributed by atoms with Gasteiger partial charge in [-0.1, -0.05) is 31.5 Å². The minimum absolute atomic E-state index is 0.366. The van der Waals surface area contributed by atoms with Crippen LogP contribution in [-0.2, 0) is 0 Å². The average molecular weight is 230 g/mol. The number of fused-ring (bicyclic) bond motifs is 1. The van der Waals surface area contributed by atoms with Gasteiger partial charge in [-0.3, -0.25) is 0 Å². The number of aliphatic hydroxyl groups excluding tert-OH is 1. The molecule has 1 saturated carbocycles. The van der Waals surface area contributed by atoms with Gasteiger partial charge in [0.05, 0.1) is 0 Å². The van der Waals surface area contributed by atoms with Crippen LogP contribution in [0.5, 0.6) is 0 Å². The summed E-state index contributed by atoms with van der Waals surface area (Å²) in [5, 5.41) is 11.4. The minimum atomic E-state index is -0.438. The van der Waals surface area contributed by atoms with Crippen LogP contribution in [-0.4, -0.2) is 5.11 Å². The molecule has 17 heavy (non-hydrogen) atoms.